The van der Waals surface area contributed by atoms with E-state index in [0.29, 0.717) is 30.8 Å². The first-order valence-corrected chi connectivity index (χ1v) is 9.91. The van der Waals surface area contributed by atoms with Crippen LogP contribution in [0.3, 0.4) is 0 Å². The molecule has 0 unspecified atom stereocenters. The lowest BCUT2D eigenvalue weighted by Gasteiger charge is -2.08. The summed E-state index contributed by atoms with van der Waals surface area (Å²) < 4.78 is 10.6. The van der Waals surface area contributed by atoms with Crippen molar-refractivity contribution in [2.24, 2.45) is 0 Å². The minimum atomic E-state index is -0.313. The first kappa shape index (κ1) is 20.2. The third kappa shape index (κ3) is 7.83. The van der Waals surface area contributed by atoms with Gasteiger partial charge in [-0.05, 0) is 37.0 Å². The lowest BCUT2D eigenvalue weighted by molar-refractivity contribution is -0.134. The maximum Gasteiger partial charge on any atom is 0.311 e. The van der Waals surface area contributed by atoms with E-state index in [-0.39, 0.29) is 11.9 Å². The molecule has 0 bridgehead atoms. The third-order valence-electron chi connectivity index (χ3n) is 3.74. The molecule has 0 heterocycles. The Morgan fingerprint density at radius 1 is 0.769 bits per heavy atom. The van der Waals surface area contributed by atoms with Crippen molar-refractivity contribution in [1.29, 1.82) is 0 Å². The van der Waals surface area contributed by atoms with E-state index in [1.54, 1.807) is 24.3 Å². The highest BCUT2D eigenvalue weighted by Crippen LogP contribution is 2.21. The maximum atomic E-state index is 12.0. The smallest absolute Gasteiger partial charge is 0.311 e. The number of benzene rings is 2. The van der Waals surface area contributed by atoms with Crippen molar-refractivity contribution >= 4 is 27.9 Å². The van der Waals surface area contributed by atoms with Crippen molar-refractivity contribution in [3.63, 3.8) is 0 Å². The van der Waals surface area contributed by atoms with E-state index in [4.69, 9.17) is 9.47 Å². The van der Waals surface area contributed by atoms with Crippen molar-refractivity contribution < 1.29 is 19.1 Å². The van der Waals surface area contributed by atoms with E-state index in [1.165, 1.54) is 0 Å². The summed E-state index contributed by atoms with van der Waals surface area (Å²) in [7, 11) is 0. The predicted molar refractivity (Wildman–Crippen MR) is 105 cm³/mol. The summed E-state index contributed by atoms with van der Waals surface area (Å²) >= 11 is 3.36. The number of hydrogen-bond acceptors (Lipinski definition) is 4. The quantitative estimate of drug-likeness (QED) is 0.233. The van der Waals surface area contributed by atoms with Crippen LogP contribution in [-0.2, 0) is 16.0 Å². The van der Waals surface area contributed by atoms with Crippen LogP contribution in [0.2, 0.25) is 0 Å². The number of aryl methyl sites for hydroxylation is 1. The van der Waals surface area contributed by atoms with Gasteiger partial charge in [-0.2, -0.15) is 0 Å². The van der Waals surface area contributed by atoms with Gasteiger partial charge < -0.3 is 9.47 Å². The van der Waals surface area contributed by atoms with Gasteiger partial charge in [-0.25, -0.2) is 0 Å². The number of halogens is 1. The Balaban J connectivity index is 1.78. The molecule has 0 spiro atoms. The molecule has 0 saturated carbocycles. The molecule has 2 aromatic rings. The highest BCUT2D eigenvalue weighted by molar-refractivity contribution is 9.09. The van der Waals surface area contributed by atoms with E-state index in [1.807, 2.05) is 30.3 Å². The number of carbonyl (C=O) groups is 2. The number of rotatable bonds is 10. The van der Waals surface area contributed by atoms with Gasteiger partial charge in [0.25, 0.3) is 0 Å². The molecular formula is C21H23BrO4. The summed E-state index contributed by atoms with van der Waals surface area (Å²) in [6, 6.07) is 16.4. The lowest BCUT2D eigenvalue weighted by Crippen LogP contribution is -2.10. The average molecular weight is 419 g/mol. The molecule has 0 aliphatic rings. The Morgan fingerprint density at radius 2 is 1.42 bits per heavy atom. The van der Waals surface area contributed by atoms with E-state index >= 15 is 0 Å². The molecule has 0 amide bonds. The second kappa shape index (κ2) is 11.5. The number of hydrogen-bond donors (Lipinski definition) is 0. The first-order chi connectivity index (χ1) is 12.7. The summed E-state index contributed by atoms with van der Waals surface area (Å²) in [6.07, 6.45) is 4.14. The fourth-order valence-electron chi connectivity index (χ4n) is 2.40. The normalized spacial score (nSPS) is 10.3. The molecule has 0 saturated heterocycles. The van der Waals surface area contributed by atoms with E-state index < -0.39 is 0 Å². The van der Waals surface area contributed by atoms with Gasteiger partial charge in [0, 0.05) is 24.2 Å². The summed E-state index contributed by atoms with van der Waals surface area (Å²) in [5, 5.41) is 0.944. The zero-order valence-corrected chi connectivity index (χ0v) is 16.2. The Bertz CT molecular complexity index is 700. The average Bonchev–Trinajstić information content (AvgIpc) is 2.65. The van der Waals surface area contributed by atoms with Crippen LogP contribution in [0.25, 0.3) is 0 Å². The van der Waals surface area contributed by atoms with Crippen LogP contribution in [0.1, 0.15) is 37.7 Å². The number of carbonyl (C=O) groups excluding carboxylic acids is 2. The van der Waals surface area contributed by atoms with Gasteiger partial charge in [0.2, 0.25) is 0 Å². The largest absolute Gasteiger partial charge is 0.426 e. The summed E-state index contributed by atoms with van der Waals surface area (Å²) in [5.74, 6) is 0.190. The molecule has 0 aliphatic heterocycles. The van der Waals surface area contributed by atoms with Crippen molar-refractivity contribution in [1.82, 2.24) is 0 Å². The maximum absolute atomic E-state index is 12.0. The van der Waals surface area contributed by atoms with Gasteiger partial charge in [-0.1, -0.05) is 58.7 Å². The molecule has 0 N–H and O–H groups in total. The molecular weight excluding hydrogens is 396 g/mol. The molecule has 0 aliphatic carbocycles. The highest BCUT2D eigenvalue weighted by atomic mass is 79.9. The van der Waals surface area contributed by atoms with Crippen LogP contribution in [0, 0.1) is 0 Å². The molecule has 0 atom stereocenters. The van der Waals surface area contributed by atoms with Gasteiger partial charge in [-0.15, -0.1) is 0 Å². The molecule has 2 rings (SSSR count). The van der Waals surface area contributed by atoms with Gasteiger partial charge >= 0.3 is 11.9 Å². The molecule has 2 aromatic carbocycles. The van der Waals surface area contributed by atoms with Gasteiger partial charge in [-0.3, -0.25) is 9.59 Å². The number of unbranched alkanes of at least 4 members (excludes halogenated alkanes) is 2. The van der Waals surface area contributed by atoms with Gasteiger partial charge in [0.15, 0.2) is 0 Å². The van der Waals surface area contributed by atoms with Crippen LogP contribution in [0.4, 0.5) is 0 Å². The highest BCUT2D eigenvalue weighted by Gasteiger charge is 2.09. The molecule has 4 nitrogen and oxygen atoms in total. The Kier molecular flexibility index (Phi) is 8.90. The van der Waals surface area contributed by atoms with E-state index in [0.717, 1.165) is 30.2 Å². The fraction of sp³-hybridized carbons (Fsp3) is 0.333. The van der Waals surface area contributed by atoms with Crippen LogP contribution in [0.15, 0.2) is 54.6 Å². The van der Waals surface area contributed by atoms with Gasteiger partial charge in [0.05, 0.1) is 0 Å². The fourth-order valence-corrected chi connectivity index (χ4v) is 2.79. The standard InChI is InChI=1S/C21H23BrO4/c22-15-6-2-5-12-20(23)25-18-10-7-11-19(16-18)26-21(24)14-13-17-8-3-1-4-9-17/h1,3-4,7-11,16H,2,5-6,12-15H2. The minimum Gasteiger partial charge on any atom is -0.426 e. The van der Waals surface area contributed by atoms with E-state index in [9.17, 15) is 9.59 Å². The number of alkyl halides is 1. The summed E-state index contributed by atoms with van der Waals surface area (Å²) in [6.45, 7) is 0. The van der Waals surface area contributed by atoms with Crippen molar-refractivity contribution in [2.45, 2.75) is 38.5 Å². The number of ether oxygens (including phenoxy) is 2. The van der Waals surface area contributed by atoms with Gasteiger partial charge in [0.1, 0.15) is 11.5 Å². The first-order valence-electron chi connectivity index (χ1n) is 8.78. The molecule has 5 heteroatoms. The second-order valence-electron chi connectivity index (χ2n) is 5.91. The predicted octanol–water partition coefficient (Wildman–Crippen LogP) is 5.09. The Labute approximate surface area is 162 Å². The molecule has 0 aromatic heterocycles. The van der Waals surface area contributed by atoms with Crippen LogP contribution >= 0.6 is 15.9 Å². The Hall–Kier alpha value is -2.14. The molecule has 0 radical (unpaired) electrons. The molecule has 138 valence electrons. The number of esters is 2. The molecule has 0 fully saturated rings. The van der Waals surface area contributed by atoms with E-state index in [2.05, 4.69) is 15.9 Å². The van der Waals surface area contributed by atoms with Crippen LogP contribution in [0.5, 0.6) is 11.5 Å². The zero-order chi connectivity index (χ0) is 18.6. The van der Waals surface area contributed by atoms with Crippen molar-refractivity contribution in [3.05, 3.63) is 60.2 Å². The second-order valence-corrected chi connectivity index (χ2v) is 6.70. The minimum absolute atomic E-state index is 0.271. The van der Waals surface area contributed by atoms with Crippen molar-refractivity contribution in [3.8, 4) is 11.5 Å². The van der Waals surface area contributed by atoms with Crippen LogP contribution in [-0.4, -0.2) is 17.3 Å². The molecule has 26 heavy (non-hydrogen) atoms. The SMILES string of the molecule is O=C(CCCCCBr)Oc1cccc(OC(=O)CCc2ccccc2)c1. The lowest BCUT2D eigenvalue weighted by atomic mass is 10.1. The summed E-state index contributed by atoms with van der Waals surface area (Å²) in [5.41, 5.74) is 1.09. The third-order valence-corrected chi connectivity index (χ3v) is 4.30. The monoisotopic (exact) mass is 418 g/mol. The van der Waals surface area contributed by atoms with Crippen molar-refractivity contribution in [2.75, 3.05) is 5.33 Å². The summed E-state index contributed by atoms with van der Waals surface area (Å²) in [4.78, 5) is 23.8. The Morgan fingerprint density at radius 3 is 2.08 bits per heavy atom. The zero-order valence-electron chi connectivity index (χ0n) is 14.7. The van der Waals surface area contributed by atoms with Crippen LogP contribution < -0.4 is 9.47 Å². The topological polar surface area (TPSA) is 52.6 Å².